The van der Waals surface area contributed by atoms with Crippen LogP contribution >= 0.6 is 22.9 Å². The van der Waals surface area contributed by atoms with E-state index in [2.05, 4.69) is 6.07 Å². The molecule has 2 heterocycles. The van der Waals surface area contributed by atoms with E-state index in [-0.39, 0.29) is 11.9 Å². The molecule has 1 aliphatic heterocycles. The largest absolute Gasteiger partial charge is 0.322 e. The molecule has 0 bridgehead atoms. The minimum Gasteiger partial charge on any atom is -0.322 e. The Kier molecular flexibility index (Phi) is 3.70. The highest BCUT2D eigenvalue weighted by Crippen LogP contribution is 2.30. The molecule has 1 unspecified atom stereocenters. The van der Waals surface area contributed by atoms with Gasteiger partial charge in [0.25, 0.3) is 5.91 Å². The van der Waals surface area contributed by atoms with Gasteiger partial charge < -0.3 is 4.90 Å². The summed E-state index contributed by atoms with van der Waals surface area (Å²) in [5.74, 6) is -0.0978. The Bertz CT molecular complexity index is 477. The number of halogens is 1. The van der Waals surface area contributed by atoms with Gasteiger partial charge in [0.15, 0.2) is 0 Å². The van der Waals surface area contributed by atoms with Crippen LogP contribution in [-0.2, 0) is 0 Å². The summed E-state index contributed by atoms with van der Waals surface area (Å²) in [5, 5.41) is 11.5. The summed E-state index contributed by atoms with van der Waals surface area (Å²) in [4.78, 5) is 14.5. The zero-order valence-corrected chi connectivity index (χ0v) is 11.1. The maximum Gasteiger partial charge on any atom is 0.266 e. The smallest absolute Gasteiger partial charge is 0.266 e. The zero-order valence-electron chi connectivity index (χ0n) is 9.57. The second-order valence-electron chi connectivity index (χ2n) is 4.20. The molecule has 1 aromatic heterocycles. The topological polar surface area (TPSA) is 44.1 Å². The fourth-order valence-corrected chi connectivity index (χ4v) is 3.24. The third kappa shape index (κ3) is 2.31. The van der Waals surface area contributed by atoms with E-state index in [0.717, 1.165) is 24.8 Å². The van der Waals surface area contributed by atoms with Gasteiger partial charge >= 0.3 is 0 Å². The second-order valence-corrected chi connectivity index (χ2v) is 5.46. The first kappa shape index (κ1) is 12.4. The molecule has 0 radical (unpaired) electrons. The quantitative estimate of drug-likeness (QED) is 0.785. The Balaban J connectivity index is 2.25. The molecule has 0 aliphatic carbocycles. The maximum atomic E-state index is 12.3. The number of carbonyl (C=O) groups excluding carboxylic acids is 1. The molecule has 1 saturated heterocycles. The van der Waals surface area contributed by atoms with E-state index in [1.54, 1.807) is 4.90 Å². The van der Waals surface area contributed by atoms with Crippen LogP contribution in [0.15, 0.2) is 5.38 Å². The molecule has 0 N–H and O–H groups in total. The molecule has 3 nitrogen and oxygen atoms in total. The van der Waals surface area contributed by atoms with E-state index in [9.17, 15) is 4.79 Å². The number of hydrogen-bond donors (Lipinski definition) is 0. The van der Waals surface area contributed by atoms with Crippen LogP contribution in [-0.4, -0.2) is 23.4 Å². The number of aryl methyl sites for hydroxylation is 1. The SMILES string of the molecule is Cc1csc(C(=O)N2CCCCC2C#N)c1Cl. The van der Waals surface area contributed by atoms with Crippen molar-refractivity contribution in [3.05, 3.63) is 20.8 Å². The van der Waals surface area contributed by atoms with Crippen molar-refractivity contribution in [2.45, 2.75) is 32.2 Å². The summed E-state index contributed by atoms with van der Waals surface area (Å²) in [6, 6.07) is 1.90. The van der Waals surface area contributed by atoms with Crippen molar-refractivity contribution in [1.29, 1.82) is 5.26 Å². The minimum atomic E-state index is -0.297. The number of nitrogens with zero attached hydrogens (tertiary/aromatic N) is 2. The van der Waals surface area contributed by atoms with Gasteiger partial charge in [0.05, 0.1) is 11.1 Å². The lowest BCUT2D eigenvalue weighted by atomic mass is 10.0. The molecule has 0 saturated carbocycles. The highest BCUT2D eigenvalue weighted by Gasteiger charge is 2.29. The Morgan fingerprint density at radius 2 is 2.41 bits per heavy atom. The number of amides is 1. The fraction of sp³-hybridized carbons (Fsp3) is 0.500. The monoisotopic (exact) mass is 268 g/mol. The highest BCUT2D eigenvalue weighted by atomic mass is 35.5. The number of thiophene rings is 1. The lowest BCUT2D eigenvalue weighted by Crippen LogP contribution is -2.42. The van der Waals surface area contributed by atoms with Crippen LogP contribution in [0.25, 0.3) is 0 Å². The normalized spacial score (nSPS) is 20.1. The van der Waals surface area contributed by atoms with Gasteiger partial charge in [-0.2, -0.15) is 5.26 Å². The van der Waals surface area contributed by atoms with Gasteiger partial charge in [0.1, 0.15) is 10.9 Å². The number of nitriles is 1. The number of piperidine rings is 1. The standard InChI is InChI=1S/C12H13ClN2OS/c1-8-7-17-11(10(8)13)12(16)15-5-3-2-4-9(15)6-14/h7,9H,2-5H2,1H3. The van der Waals surface area contributed by atoms with E-state index < -0.39 is 0 Å². The molecule has 17 heavy (non-hydrogen) atoms. The van der Waals surface area contributed by atoms with Crippen LogP contribution in [0, 0.1) is 18.3 Å². The van der Waals surface area contributed by atoms with Crippen molar-refractivity contribution in [3.63, 3.8) is 0 Å². The van der Waals surface area contributed by atoms with Crippen LogP contribution in [0.1, 0.15) is 34.5 Å². The maximum absolute atomic E-state index is 12.3. The molecular formula is C12H13ClN2OS. The molecular weight excluding hydrogens is 256 g/mol. The fourth-order valence-electron chi connectivity index (χ4n) is 2.01. The first-order chi connectivity index (χ1) is 8.15. The summed E-state index contributed by atoms with van der Waals surface area (Å²) >= 11 is 7.45. The lowest BCUT2D eigenvalue weighted by molar-refractivity contribution is 0.0675. The molecule has 1 amide bonds. The summed E-state index contributed by atoms with van der Waals surface area (Å²) in [6.07, 6.45) is 2.75. The van der Waals surface area contributed by atoms with Crippen molar-refractivity contribution in [1.82, 2.24) is 4.90 Å². The second kappa shape index (κ2) is 5.07. The third-order valence-corrected chi connectivity index (χ3v) is 4.69. The van der Waals surface area contributed by atoms with Crippen LogP contribution in [0.2, 0.25) is 5.02 Å². The molecule has 1 fully saturated rings. The number of carbonyl (C=O) groups is 1. The lowest BCUT2D eigenvalue weighted by Gasteiger charge is -2.31. The zero-order chi connectivity index (χ0) is 12.4. The Hall–Kier alpha value is -1.05. The Morgan fingerprint density at radius 1 is 1.65 bits per heavy atom. The first-order valence-electron chi connectivity index (χ1n) is 5.59. The van der Waals surface area contributed by atoms with Gasteiger partial charge in [-0.15, -0.1) is 11.3 Å². The summed E-state index contributed by atoms with van der Waals surface area (Å²) in [6.45, 7) is 2.54. The third-order valence-electron chi connectivity index (χ3n) is 3.01. The van der Waals surface area contributed by atoms with Gasteiger partial charge in [0, 0.05) is 6.54 Å². The molecule has 90 valence electrons. The van der Waals surface area contributed by atoms with Gasteiger partial charge in [0.2, 0.25) is 0 Å². The number of likely N-dealkylation sites (tertiary alicyclic amines) is 1. The van der Waals surface area contributed by atoms with Crippen LogP contribution in [0.3, 0.4) is 0 Å². The summed E-state index contributed by atoms with van der Waals surface area (Å²) in [7, 11) is 0. The molecule has 1 atom stereocenters. The van der Waals surface area contributed by atoms with E-state index in [0.29, 0.717) is 16.4 Å². The van der Waals surface area contributed by atoms with Crippen molar-refractivity contribution < 1.29 is 4.79 Å². The average molecular weight is 269 g/mol. The molecule has 1 aromatic rings. The molecule has 1 aliphatic rings. The molecule has 0 spiro atoms. The molecule has 5 heteroatoms. The van der Waals surface area contributed by atoms with Crippen LogP contribution in [0.5, 0.6) is 0 Å². The predicted molar refractivity (Wildman–Crippen MR) is 68.4 cm³/mol. The summed E-state index contributed by atoms with van der Waals surface area (Å²) < 4.78 is 0. The van der Waals surface area contributed by atoms with E-state index in [1.807, 2.05) is 12.3 Å². The molecule has 2 rings (SSSR count). The van der Waals surface area contributed by atoms with Crippen molar-refractivity contribution >= 4 is 28.8 Å². The Labute approximate surface area is 110 Å². The van der Waals surface area contributed by atoms with E-state index in [1.165, 1.54) is 11.3 Å². The van der Waals surface area contributed by atoms with E-state index in [4.69, 9.17) is 16.9 Å². The summed E-state index contributed by atoms with van der Waals surface area (Å²) in [5.41, 5.74) is 0.922. The van der Waals surface area contributed by atoms with Crippen molar-refractivity contribution in [2.24, 2.45) is 0 Å². The number of rotatable bonds is 1. The minimum absolute atomic E-state index is 0.0978. The van der Waals surface area contributed by atoms with Crippen molar-refractivity contribution in [2.75, 3.05) is 6.54 Å². The van der Waals surface area contributed by atoms with Gasteiger partial charge in [-0.3, -0.25) is 4.79 Å². The van der Waals surface area contributed by atoms with Crippen molar-refractivity contribution in [3.8, 4) is 6.07 Å². The van der Waals surface area contributed by atoms with E-state index >= 15 is 0 Å². The first-order valence-corrected chi connectivity index (χ1v) is 6.85. The average Bonchev–Trinajstić information content (AvgIpc) is 2.69. The van der Waals surface area contributed by atoms with Gasteiger partial charge in [-0.25, -0.2) is 0 Å². The van der Waals surface area contributed by atoms with Crippen LogP contribution < -0.4 is 0 Å². The number of hydrogen-bond acceptors (Lipinski definition) is 3. The highest BCUT2D eigenvalue weighted by molar-refractivity contribution is 7.13. The van der Waals surface area contributed by atoms with Gasteiger partial charge in [-0.05, 0) is 37.1 Å². The Morgan fingerprint density at radius 3 is 3.00 bits per heavy atom. The predicted octanol–water partition coefficient (Wildman–Crippen LogP) is 3.23. The van der Waals surface area contributed by atoms with Crippen LogP contribution in [0.4, 0.5) is 0 Å². The van der Waals surface area contributed by atoms with Gasteiger partial charge in [-0.1, -0.05) is 11.6 Å². The molecule has 0 aromatic carbocycles.